The molecule has 3 saturated carbocycles. The molecule has 7 unspecified atom stereocenters. The number of rotatable bonds is 5. The van der Waals surface area contributed by atoms with Crippen LogP contribution in [0.15, 0.2) is 0 Å². The Balaban J connectivity index is 1.51. The average molecular weight is 395 g/mol. The summed E-state index contributed by atoms with van der Waals surface area (Å²) in [5.41, 5.74) is 5.47. The summed E-state index contributed by atoms with van der Waals surface area (Å²) in [6, 6.07) is -0.0599. The summed E-state index contributed by atoms with van der Waals surface area (Å²) in [4.78, 5) is 36.1. The zero-order valence-electron chi connectivity index (χ0n) is 16.0. The summed E-state index contributed by atoms with van der Waals surface area (Å²) in [6.07, 6.45) is 3.11. The van der Waals surface area contributed by atoms with Crippen molar-refractivity contribution < 1.29 is 23.9 Å². The van der Waals surface area contributed by atoms with Crippen molar-refractivity contribution in [3.8, 4) is 0 Å². The number of fused-ring (bicyclic) bond motifs is 1. The van der Waals surface area contributed by atoms with Gasteiger partial charge in [0.25, 0.3) is 0 Å². The quantitative estimate of drug-likeness (QED) is 0.417. The van der Waals surface area contributed by atoms with Crippen LogP contribution in [0, 0.1) is 35.0 Å². The number of carbonyl (C=O) groups excluding carboxylic acids is 2. The van der Waals surface area contributed by atoms with Crippen LogP contribution >= 0.6 is 0 Å². The monoisotopic (exact) mass is 395 g/mol. The Morgan fingerprint density at radius 2 is 1.89 bits per heavy atom. The lowest BCUT2D eigenvalue weighted by molar-refractivity contribution is -0.144. The van der Waals surface area contributed by atoms with Crippen LogP contribution in [0.25, 0.3) is 0 Å². The normalized spacial score (nSPS) is 38.3. The van der Waals surface area contributed by atoms with Gasteiger partial charge in [0.2, 0.25) is 5.91 Å². The number of carbonyl (C=O) groups is 3. The molecule has 0 saturated heterocycles. The number of alkyl halides is 1. The molecule has 0 spiro atoms. The molecule has 0 aromatic carbocycles. The Hall–Kier alpha value is -1.99. The van der Waals surface area contributed by atoms with Gasteiger partial charge in [-0.2, -0.15) is 0 Å². The van der Waals surface area contributed by atoms with E-state index >= 15 is 0 Å². The molecule has 0 aromatic heterocycles. The third-order valence-corrected chi connectivity index (χ3v) is 6.95. The molecular weight excluding hydrogens is 365 g/mol. The van der Waals surface area contributed by atoms with Gasteiger partial charge in [-0.05, 0) is 57.3 Å². The van der Waals surface area contributed by atoms with Gasteiger partial charge in [-0.1, -0.05) is 0 Å². The van der Waals surface area contributed by atoms with E-state index in [9.17, 15) is 18.8 Å². The standard InChI is InChI=1S/C20H30FN3O4/c21-16-8-12(19(22)23)3-5-15(16)20(28)24-13-4-6-14-10(7-13)1-2-11(18(14)27)9-17(25)26/h10-16H,1-9H2,(H3,22,23)(H,24,28)(H,25,26). The van der Waals surface area contributed by atoms with Crippen molar-refractivity contribution in [1.29, 1.82) is 5.41 Å². The molecule has 28 heavy (non-hydrogen) atoms. The van der Waals surface area contributed by atoms with E-state index in [-0.39, 0.29) is 60.1 Å². The highest BCUT2D eigenvalue weighted by Crippen LogP contribution is 2.42. The Labute approximate surface area is 164 Å². The molecule has 156 valence electrons. The van der Waals surface area contributed by atoms with Crippen LogP contribution in [0.1, 0.15) is 57.8 Å². The van der Waals surface area contributed by atoms with E-state index in [1.165, 1.54) is 0 Å². The zero-order chi connectivity index (χ0) is 20.4. The van der Waals surface area contributed by atoms with Crippen molar-refractivity contribution >= 4 is 23.5 Å². The third-order valence-electron chi connectivity index (χ3n) is 6.95. The number of carboxylic acid groups (broad SMARTS) is 1. The first-order valence-electron chi connectivity index (χ1n) is 10.3. The van der Waals surface area contributed by atoms with Crippen LogP contribution in [-0.4, -0.2) is 40.8 Å². The van der Waals surface area contributed by atoms with Crippen molar-refractivity contribution in [2.24, 2.45) is 35.3 Å². The van der Waals surface area contributed by atoms with E-state index in [1.807, 2.05) is 0 Å². The van der Waals surface area contributed by atoms with Crippen molar-refractivity contribution in [3.63, 3.8) is 0 Å². The van der Waals surface area contributed by atoms with Gasteiger partial charge in [0.15, 0.2) is 0 Å². The van der Waals surface area contributed by atoms with Crippen molar-refractivity contribution in [2.45, 2.75) is 70.0 Å². The molecule has 0 aromatic rings. The van der Waals surface area contributed by atoms with Gasteiger partial charge in [-0.15, -0.1) is 0 Å². The van der Waals surface area contributed by atoms with Gasteiger partial charge in [-0.3, -0.25) is 19.8 Å². The number of hydrogen-bond acceptors (Lipinski definition) is 4. The van der Waals surface area contributed by atoms with Gasteiger partial charge in [0.1, 0.15) is 12.0 Å². The van der Waals surface area contributed by atoms with Crippen LogP contribution in [0.2, 0.25) is 0 Å². The van der Waals surface area contributed by atoms with Crippen LogP contribution in [0.5, 0.6) is 0 Å². The minimum atomic E-state index is -1.29. The molecule has 3 fully saturated rings. The molecule has 1 amide bonds. The second-order valence-corrected chi connectivity index (χ2v) is 8.75. The van der Waals surface area contributed by atoms with E-state index in [0.717, 1.165) is 6.42 Å². The number of halogens is 1. The summed E-state index contributed by atoms with van der Waals surface area (Å²) in [5.74, 6) is -2.44. The fraction of sp³-hybridized carbons (Fsp3) is 0.800. The molecule has 0 radical (unpaired) electrons. The molecule has 5 N–H and O–H groups in total. The molecule has 3 aliphatic carbocycles. The van der Waals surface area contributed by atoms with Crippen molar-refractivity contribution in [2.75, 3.05) is 0 Å². The number of aliphatic carboxylic acids is 1. The van der Waals surface area contributed by atoms with Gasteiger partial charge in [-0.25, -0.2) is 4.39 Å². The number of nitrogens with one attached hydrogen (secondary N) is 2. The van der Waals surface area contributed by atoms with E-state index in [0.29, 0.717) is 38.5 Å². The minimum Gasteiger partial charge on any atom is -0.481 e. The number of nitrogens with two attached hydrogens (primary N) is 1. The van der Waals surface area contributed by atoms with E-state index < -0.39 is 18.1 Å². The molecule has 7 nitrogen and oxygen atoms in total. The van der Waals surface area contributed by atoms with Crippen LogP contribution in [0.4, 0.5) is 4.39 Å². The summed E-state index contributed by atoms with van der Waals surface area (Å²) >= 11 is 0. The van der Waals surface area contributed by atoms with E-state index in [1.54, 1.807) is 0 Å². The largest absolute Gasteiger partial charge is 0.481 e. The highest BCUT2D eigenvalue weighted by atomic mass is 19.1. The van der Waals surface area contributed by atoms with Crippen LogP contribution < -0.4 is 11.1 Å². The van der Waals surface area contributed by atoms with Gasteiger partial charge in [0.05, 0.1) is 18.2 Å². The molecule has 3 aliphatic rings. The van der Waals surface area contributed by atoms with Crippen molar-refractivity contribution in [1.82, 2.24) is 5.32 Å². The molecule has 7 atom stereocenters. The smallest absolute Gasteiger partial charge is 0.304 e. The molecule has 0 bridgehead atoms. The van der Waals surface area contributed by atoms with Crippen LogP contribution in [-0.2, 0) is 14.4 Å². The van der Waals surface area contributed by atoms with E-state index in [2.05, 4.69) is 5.32 Å². The Morgan fingerprint density at radius 1 is 1.14 bits per heavy atom. The van der Waals surface area contributed by atoms with Gasteiger partial charge in [0, 0.05) is 23.8 Å². The topological polar surface area (TPSA) is 133 Å². The maximum Gasteiger partial charge on any atom is 0.304 e. The predicted octanol–water partition coefficient (Wildman–Crippen LogP) is 2.03. The fourth-order valence-electron chi connectivity index (χ4n) is 5.36. The minimum absolute atomic E-state index is 0.0111. The molecule has 0 aliphatic heterocycles. The number of ketones is 1. The summed E-state index contributed by atoms with van der Waals surface area (Å²) in [6.45, 7) is 0. The van der Waals surface area contributed by atoms with Gasteiger partial charge >= 0.3 is 5.97 Å². The highest BCUT2D eigenvalue weighted by Gasteiger charge is 2.43. The first kappa shape index (κ1) is 20.7. The fourth-order valence-corrected chi connectivity index (χ4v) is 5.36. The summed E-state index contributed by atoms with van der Waals surface area (Å²) in [7, 11) is 0. The average Bonchev–Trinajstić information content (AvgIpc) is 2.63. The summed E-state index contributed by atoms with van der Waals surface area (Å²) in [5, 5.41) is 19.4. The first-order chi connectivity index (χ1) is 13.3. The van der Waals surface area contributed by atoms with Crippen molar-refractivity contribution in [3.05, 3.63) is 0 Å². The number of Topliss-reactive ketones (excluding diaryl/α,β-unsaturated/α-hetero) is 1. The number of hydrogen-bond donors (Lipinski definition) is 4. The number of amides is 1. The Morgan fingerprint density at radius 3 is 2.54 bits per heavy atom. The lowest BCUT2D eigenvalue weighted by Gasteiger charge is -2.41. The van der Waals surface area contributed by atoms with Crippen LogP contribution in [0.3, 0.4) is 0 Å². The lowest BCUT2D eigenvalue weighted by atomic mass is 9.65. The Bertz CT molecular complexity index is 655. The zero-order valence-corrected chi connectivity index (χ0v) is 16.0. The second kappa shape index (κ2) is 8.57. The molecule has 3 rings (SSSR count). The summed E-state index contributed by atoms with van der Waals surface area (Å²) < 4.78 is 14.4. The maximum atomic E-state index is 14.4. The number of carboxylic acids is 1. The Kier molecular flexibility index (Phi) is 6.35. The third kappa shape index (κ3) is 4.52. The first-order valence-corrected chi connectivity index (χ1v) is 10.3. The SMILES string of the molecule is N=C(N)C1CCC(C(=O)NC2CCC3C(=O)C(CC(=O)O)CCC3C2)C(F)C1. The van der Waals surface area contributed by atoms with E-state index in [4.69, 9.17) is 16.2 Å². The predicted molar refractivity (Wildman–Crippen MR) is 100 cm³/mol. The number of amidine groups is 1. The lowest BCUT2D eigenvalue weighted by Crippen LogP contribution is -2.49. The molecule has 8 heteroatoms. The second-order valence-electron chi connectivity index (χ2n) is 8.75. The highest BCUT2D eigenvalue weighted by molar-refractivity contribution is 5.88. The van der Waals surface area contributed by atoms with Gasteiger partial charge < -0.3 is 16.2 Å². The maximum absolute atomic E-state index is 14.4. The molecule has 0 heterocycles. The molecular formula is C20H30FN3O4.